The summed E-state index contributed by atoms with van der Waals surface area (Å²) < 4.78 is 1.52. The minimum Gasteiger partial charge on any atom is -0.388 e. The van der Waals surface area contributed by atoms with E-state index in [2.05, 4.69) is 5.32 Å². The zero-order chi connectivity index (χ0) is 12.6. The molecule has 0 aromatic carbocycles. The highest BCUT2D eigenvalue weighted by Gasteiger charge is 2.34. The minimum atomic E-state index is -0.728. The van der Waals surface area contributed by atoms with E-state index in [1.54, 1.807) is 7.05 Å². The summed E-state index contributed by atoms with van der Waals surface area (Å²) in [5.41, 5.74) is -0.336. The van der Waals surface area contributed by atoms with Crippen molar-refractivity contribution in [2.75, 3.05) is 6.54 Å². The van der Waals surface area contributed by atoms with Gasteiger partial charge in [-0.2, -0.15) is 0 Å². The van der Waals surface area contributed by atoms with Gasteiger partial charge in [0.25, 0.3) is 5.91 Å². The Hall–Kier alpha value is -0.710. The molecular weight excluding hydrogens is 263 g/mol. The van der Waals surface area contributed by atoms with Crippen molar-refractivity contribution in [2.24, 2.45) is 7.05 Å². The molecule has 1 fully saturated rings. The fourth-order valence-electron chi connectivity index (χ4n) is 1.86. The highest BCUT2D eigenvalue weighted by Crippen LogP contribution is 2.31. The maximum absolute atomic E-state index is 11.9. The van der Waals surface area contributed by atoms with Gasteiger partial charge >= 0.3 is 0 Å². The molecule has 1 saturated carbocycles. The van der Waals surface area contributed by atoms with Gasteiger partial charge in [0.1, 0.15) is 10.8 Å². The fraction of sp³-hybridized carbons (Fsp3) is 0.545. The van der Waals surface area contributed by atoms with Gasteiger partial charge < -0.3 is 15.0 Å². The van der Waals surface area contributed by atoms with Gasteiger partial charge in [-0.3, -0.25) is 4.79 Å². The van der Waals surface area contributed by atoms with Crippen LogP contribution in [0.1, 0.15) is 29.8 Å². The van der Waals surface area contributed by atoms with Crippen LogP contribution in [-0.4, -0.2) is 27.7 Å². The molecule has 0 radical (unpaired) electrons. The molecule has 0 aliphatic heterocycles. The second-order valence-electron chi connectivity index (χ2n) is 4.49. The number of hydrogen-bond acceptors (Lipinski definition) is 2. The van der Waals surface area contributed by atoms with Crippen LogP contribution in [-0.2, 0) is 7.05 Å². The molecule has 6 heteroatoms. The lowest BCUT2D eigenvalue weighted by Gasteiger charge is -2.36. The van der Waals surface area contributed by atoms with E-state index < -0.39 is 5.60 Å². The van der Waals surface area contributed by atoms with Crippen LogP contribution in [0.5, 0.6) is 0 Å². The van der Waals surface area contributed by atoms with Crippen molar-refractivity contribution in [3.63, 3.8) is 0 Å². The number of rotatable bonds is 3. The molecule has 1 aliphatic rings. The summed E-state index contributed by atoms with van der Waals surface area (Å²) in [5.74, 6) is -0.276. The number of hydrogen-bond donors (Lipinski definition) is 2. The summed E-state index contributed by atoms with van der Waals surface area (Å²) in [6.45, 7) is 0.270. The number of carbonyl (C=O) groups is 1. The Balaban J connectivity index is 2.02. The van der Waals surface area contributed by atoms with E-state index >= 15 is 0 Å². The summed E-state index contributed by atoms with van der Waals surface area (Å²) in [7, 11) is 1.67. The predicted octanol–water partition coefficient (Wildman–Crippen LogP) is 1.98. The van der Waals surface area contributed by atoms with Crippen LogP contribution in [0.25, 0.3) is 0 Å². The molecule has 1 aromatic rings. The summed E-state index contributed by atoms with van der Waals surface area (Å²) in [6.07, 6.45) is 2.48. The third-order valence-electron chi connectivity index (χ3n) is 3.21. The highest BCUT2D eigenvalue weighted by molar-refractivity contribution is 6.41. The second-order valence-corrected chi connectivity index (χ2v) is 5.25. The Morgan fingerprint density at radius 3 is 2.65 bits per heavy atom. The zero-order valence-electron chi connectivity index (χ0n) is 9.46. The van der Waals surface area contributed by atoms with Crippen LogP contribution in [0.3, 0.4) is 0 Å². The van der Waals surface area contributed by atoms with Gasteiger partial charge in [-0.1, -0.05) is 23.2 Å². The van der Waals surface area contributed by atoms with Gasteiger partial charge in [0, 0.05) is 13.6 Å². The standard InChI is InChI=1S/C11H14Cl2N2O2/c1-15-8(5-7(12)9(15)13)10(16)14-6-11(17)3-2-4-11/h5,17H,2-4,6H2,1H3,(H,14,16). The number of halogens is 2. The second kappa shape index (κ2) is 4.52. The minimum absolute atomic E-state index is 0.270. The number of amides is 1. The molecule has 1 amide bonds. The Kier molecular flexibility index (Phi) is 3.39. The molecule has 0 spiro atoms. The third kappa shape index (κ3) is 2.44. The molecule has 1 aromatic heterocycles. The predicted molar refractivity (Wildman–Crippen MR) is 66.6 cm³/mol. The normalized spacial score (nSPS) is 17.6. The molecule has 17 heavy (non-hydrogen) atoms. The molecule has 1 aliphatic carbocycles. The van der Waals surface area contributed by atoms with Gasteiger partial charge in [-0.15, -0.1) is 0 Å². The molecule has 0 saturated heterocycles. The Morgan fingerprint density at radius 2 is 2.24 bits per heavy atom. The van der Waals surface area contributed by atoms with Crippen molar-refractivity contribution in [1.29, 1.82) is 0 Å². The summed E-state index contributed by atoms with van der Waals surface area (Å²) in [6, 6.07) is 1.52. The number of nitrogens with one attached hydrogen (secondary N) is 1. The first-order valence-corrected chi connectivity index (χ1v) is 6.20. The van der Waals surface area contributed by atoms with Crippen LogP contribution in [0, 0.1) is 0 Å². The van der Waals surface area contributed by atoms with E-state index in [4.69, 9.17) is 23.2 Å². The SMILES string of the molecule is Cn1c(C(=O)NCC2(O)CCC2)cc(Cl)c1Cl. The topological polar surface area (TPSA) is 54.3 Å². The molecule has 0 atom stereocenters. The lowest BCUT2D eigenvalue weighted by Crippen LogP contribution is -2.48. The average Bonchev–Trinajstić information content (AvgIpc) is 2.51. The Morgan fingerprint density at radius 1 is 1.59 bits per heavy atom. The monoisotopic (exact) mass is 276 g/mol. The maximum Gasteiger partial charge on any atom is 0.268 e. The number of aromatic nitrogens is 1. The van der Waals surface area contributed by atoms with Gasteiger partial charge in [0.2, 0.25) is 0 Å². The van der Waals surface area contributed by atoms with Crippen molar-refractivity contribution < 1.29 is 9.90 Å². The van der Waals surface area contributed by atoms with Gasteiger partial charge in [0.05, 0.1) is 10.6 Å². The molecule has 1 heterocycles. The lowest BCUT2D eigenvalue weighted by molar-refractivity contribution is -0.0301. The molecule has 4 nitrogen and oxygen atoms in total. The van der Waals surface area contributed by atoms with Crippen LogP contribution < -0.4 is 5.32 Å². The first-order chi connectivity index (χ1) is 7.93. The number of carbonyl (C=O) groups excluding carboxylic acids is 1. The molecule has 0 bridgehead atoms. The number of nitrogens with zero attached hydrogens (tertiary/aromatic N) is 1. The Labute approximate surface area is 110 Å². The van der Waals surface area contributed by atoms with Crippen molar-refractivity contribution in [1.82, 2.24) is 9.88 Å². The molecule has 2 rings (SSSR count). The maximum atomic E-state index is 11.9. The fourth-order valence-corrected chi connectivity index (χ4v) is 2.23. The van der Waals surface area contributed by atoms with Crippen LogP contribution in [0.15, 0.2) is 6.07 Å². The Bertz CT molecular complexity index is 453. The number of aliphatic hydroxyl groups is 1. The summed E-state index contributed by atoms with van der Waals surface area (Å²) in [5, 5.41) is 13.2. The molecule has 0 unspecified atom stereocenters. The van der Waals surface area contributed by atoms with E-state index in [9.17, 15) is 9.90 Å². The van der Waals surface area contributed by atoms with Crippen molar-refractivity contribution >= 4 is 29.1 Å². The smallest absolute Gasteiger partial charge is 0.268 e. The van der Waals surface area contributed by atoms with E-state index in [-0.39, 0.29) is 12.5 Å². The van der Waals surface area contributed by atoms with Crippen molar-refractivity contribution in [3.8, 4) is 0 Å². The van der Waals surface area contributed by atoms with Crippen molar-refractivity contribution in [3.05, 3.63) is 21.9 Å². The third-order valence-corrected chi connectivity index (χ3v) is 4.05. The van der Waals surface area contributed by atoms with Gasteiger partial charge in [0.15, 0.2) is 0 Å². The first-order valence-electron chi connectivity index (χ1n) is 5.44. The van der Waals surface area contributed by atoms with E-state index in [1.807, 2.05) is 0 Å². The molecule has 2 N–H and O–H groups in total. The van der Waals surface area contributed by atoms with E-state index in [0.717, 1.165) is 19.3 Å². The van der Waals surface area contributed by atoms with E-state index in [1.165, 1.54) is 10.6 Å². The van der Waals surface area contributed by atoms with Crippen LogP contribution >= 0.6 is 23.2 Å². The van der Waals surface area contributed by atoms with Gasteiger partial charge in [-0.05, 0) is 25.3 Å². The lowest BCUT2D eigenvalue weighted by atomic mass is 9.80. The summed E-state index contributed by atoms with van der Waals surface area (Å²) >= 11 is 11.7. The first kappa shape index (κ1) is 12.7. The van der Waals surface area contributed by atoms with E-state index in [0.29, 0.717) is 15.9 Å². The van der Waals surface area contributed by atoms with Crippen LogP contribution in [0.2, 0.25) is 10.2 Å². The molecular formula is C11H14Cl2N2O2. The highest BCUT2D eigenvalue weighted by atomic mass is 35.5. The van der Waals surface area contributed by atoms with Gasteiger partial charge in [-0.25, -0.2) is 0 Å². The quantitative estimate of drug-likeness (QED) is 0.887. The largest absolute Gasteiger partial charge is 0.388 e. The zero-order valence-corrected chi connectivity index (χ0v) is 11.0. The summed E-state index contributed by atoms with van der Waals surface area (Å²) in [4.78, 5) is 11.9. The van der Waals surface area contributed by atoms with Crippen LogP contribution in [0.4, 0.5) is 0 Å². The van der Waals surface area contributed by atoms with Crippen molar-refractivity contribution in [2.45, 2.75) is 24.9 Å². The average molecular weight is 277 g/mol. The molecule has 94 valence electrons.